The van der Waals surface area contributed by atoms with Crippen molar-refractivity contribution in [2.75, 3.05) is 0 Å². The van der Waals surface area contributed by atoms with E-state index in [-0.39, 0.29) is 5.82 Å². The maximum atomic E-state index is 14.1. The van der Waals surface area contributed by atoms with Gasteiger partial charge in [0.05, 0.1) is 17.2 Å². The first kappa shape index (κ1) is 21.8. The van der Waals surface area contributed by atoms with Crippen LogP contribution in [0.2, 0.25) is 0 Å². The van der Waals surface area contributed by atoms with Gasteiger partial charge in [-0.25, -0.2) is 8.96 Å². The summed E-state index contributed by atoms with van der Waals surface area (Å²) in [6, 6.07) is 31.5. The van der Waals surface area contributed by atoms with Crippen LogP contribution in [-0.4, -0.2) is 0 Å². The number of fused-ring (bicyclic) bond motifs is 3. The fourth-order valence-electron chi connectivity index (χ4n) is 4.95. The molecule has 2 aromatic heterocycles. The summed E-state index contributed by atoms with van der Waals surface area (Å²) in [5, 5.41) is 11.9. The Morgan fingerprint density at radius 2 is 1.58 bits per heavy atom. The van der Waals surface area contributed by atoms with Crippen molar-refractivity contribution in [1.82, 2.24) is 0 Å². The second-order valence-electron chi connectivity index (χ2n) is 9.03. The van der Waals surface area contributed by atoms with E-state index in [1.54, 1.807) is 6.20 Å². The monoisotopic (exact) mass is 469 g/mol. The van der Waals surface area contributed by atoms with E-state index in [9.17, 15) is 9.65 Å². The molecule has 0 fully saturated rings. The van der Waals surface area contributed by atoms with Crippen LogP contribution in [0.3, 0.4) is 0 Å². The average molecular weight is 470 g/mol. The van der Waals surface area contributed by atoms with Gasteiger partial charge in [0.2, 0.25) is 5.69 Å². The van der Waals surface area contributed by atoms with Gasteiger partial charge < -0.3 is 4.42 Å². The van der Waals surface area contributed by atoms with Crippen molar-refractivity contribution in [3.05, 3.63) is 114 Å². The Hall–Kier alpha value is -4.75. The zero-order valence-corrected chi connectivity index (χ0v) is 19.9. The minimum atomic E-state index is -0.286. The third kappa shape index (κ3) is 3.54. The summed E-state index contributed by atoms with van der Waals surface area (Å²) in [5.74, 6) is -0.286. The highest BCUT2D eigenvalue weighted by Gasteiger charge is 2.20. The predicted molar refractivity (Wildman–Crippen MR) is 141 cm³/mol. The van der Waals surface area contributed by atoms with E-state index in [2.05, 4.69) is 36.4 Å². The fraction of sp³-hybridized carbons (Fsp3) is 0.0625. The minimum absolute atomic E-state index is 0.286. The van der Waals surface area contributed by atoms with E-state index in [1.807, 2.05) is 67.1 Å². The Morgan fingerprint density at radius 1 is 0.806 bits per heavy atom. The summed E-state index contributed by atoms with van der Waals surface area (Å²) >= 11 is 0. The molecule has 0 N–H and O–H groups in total. The van der Waals surface area contributed by atoms with Gasteiger partial charge >= 0.3 is 0 Å². The molecule has 0 aliphatic heterocycles. The lowest BCUT2D eigenvalue weighted by molar-refractivity contribution is -0.660. The van der Waals surface area contributed by atoms with Crippen LogP contribution in [0.5, 0.6) is 0 Å². The molecular weight excluding hydrogens is 447 g/mol. The van der Waals surface area contributed by atoms with E-state index in [0.717, 1.165) is 49.8 Å². The van der Waals surface area contributed by atoms with E-state index in [4.69, 9.17) is 4.42 Å². The van der Waals surface area contributed by atoms with Gasteiger partial charge in [-0.1, -0.05) is 48.5 Å². The Balaban J connectivity index is 1.60. The summed E-state index contributed by atoms with van der Waals surface area (Å²) in [5.41, 5.74) is 8.49. The number of nitrogens with zero attached hydrogens (tertiary/aromatic N) is 2. The fourth-order valence-corrected chi connectivity index (χ4v) is 4.95. The zero-order valence-electron chi connectivity index (χ0n) is 19.9. The number of benzene rings is 4. The van der Waals surface area contributed by atoms with Crippen LogP contribution in [0.4, 0.5) is 4.39 Å². The van der Waals surface area contributed by atoms with Gasteiger partial charge in [-0.3, -0.25) is 0 Å². The molecule has 0 aliphatic carbocycles. The molecule has 0 atom stereocenters. The Labute approximate surface area is 208 Å². The number of aryl methyl sites for hydroxylation is 2. The molecule has 4 aromatic carbocycles. The highest BCUT2D eigenvalue weighted by molar-refractivity contribution is 6.11. The maximum Gasteiger partial charge on any atom is 0.215 e. The highest BCUT2D eigenvalue weighted by Crippen LogP contribution is 2.40. The Morgan fingerprint density at radius 3 is 2.39 bits per heavy atom. The Bertz CT molecular complexity index is 1830. The van der Waals surface area contributed by atoms with Crippen LogP contribution in [0, 0.1) is 24.1 Å². The van der Waals surface area contributed by atoms with E-state index in [1.165, 1.54) is 12.1 Å². The molecule has 6 aromatic rings. The summed E-state index contributed by atoms with van der Waals surface area (Å²) in [7, 11) is 1.90. The van der Waals surface area contributed by atoms with Gasteiger partial charge in [0, 0.05) is 28.5 Å². The summed E-state index contributed by atoms with van der Waals surface area (Å²) < 4.78 is 22.4. The van der Waals surface area contributed by atoms with Crippen LogP contribution in [0.25, 0.3) is 55.4 Å². The lowest BCUT2D eigenvalue weighted by atomic mass is 9.94. The molecule has 0 amide bonds. The first-order chi connectivity index (χ1) is 17.5. The van der Waals surface area contributed by atoms with Gasteiger partial charge in [-0.15, -0.1) is 0 Å². The summed E-state index contributed by atoms with van der Waals surface area (Å²) in [4.78, 5) is 0. The zero-order chi connectivity index (χ0) is 24.8. The van der Waals surface area contributed by atoms with E-state index < -0.39 is 0 Å². The number of hydrogen-bond acceptors (Lipinski definition) is 2. The molecule has 2 heterocycles. The standard InChI is InChI=1S/C32H22FN2O/c1-20-15-28-26-12-11-24(19-34)31(23-10-6-9-22(16-23)21-7-4-3-5-8-21)32(26)36-30(28)18-27(20)29-17-25(33)13-14-35(29)2/h3-18H,1-2H3/q+1. The lowest BCUT2D eigenvalue weighted by Gasteiger charge is -2.08. The van der Waals surface area contributed by atoms with Gasteiger partial charge in [0.1, 0.15) is 24.0 Å². The number of nitriles is 1. The van der Waals surface area contributed by atoms with Crippen molar-refractivity contribution in [3.8, 4) is 39.6 Å². The van der Waals surface area contributed by atoms with Crippen molar-refractivity contribution >= 4 is 21.9 Å². The van der Waals surface area contributed by atoms with Crippen molar-refractivity contribution < 1.29 is 13.4 Å². The predicted octanol–water partition coefficient (Wildman–Crippen LogP) is 7.73. The molecule has 0 saturated carbocycles. The number of pyridine rings is 1. The van der Waals surface area contributed by atoms with Crippen molar-refractivity contribution in [2.24, 2.45) is 7.05 Å². The number of hydrogen-bond donors (Lipinski definition) is 0. The molecule has 0 radical (unpaired) electrons. The van der Waals surface area contributed by atoms with E-state index >= 15 is 0 Å². The topological polar surface area (TPSA) is 40.8 Å². The molecule has 0 saturated heterocycles. The largest absolute Gasteiger partial charge is 0.455 e. The summed E-state index contributed by atoms with van der Waals surface area (Å²) in [6.45, 7) is 2.02. The molecule has 4 heteroatoms. The first-order valence-electron chi connectivity index (χ1n) is 11.7. The third-order valence-electron chi connectivity index (χ3n) is 6.75. The van der Waals surface area contributed by atoms with Gasteiger partial charge in [0.25, 0.3) is 0 Å². The highest BCUT2D eigenvalue weighted by atomic mass is 19.1. The molecule has 0 bridgehead atoms. The average Bonchev–Trinajstić information content (AvgIpc) is 3.27. The van der Waals surface area contributed by atoms with E-state index in [0.29, 0.717) is 16.7 Å². The van der Waals surface area contributed by atoms with Crippen LogP contribution in [0.15, 0.2) is 102 Å². The molecular formula is C32H22FN2O+. The van der Waals surface area contributed by atoms with Crippen LogP contribution in [-0.2, 0) is 7.05 Å². The molecule has 172 valence electrons. The number of rotatable bonds is 3. The number of aromatic nitrogens is 1. The molecule has 0 unspecified atom stereocenters. The smallest absolute Gasteiger partial charge is 0.215 e. The van der Waals surface area contributed by atoms with Crippen molar-refractivity contribution in [3.63, 3.8) is 0 Å². The van der Waals surface area contributed by atoms with Gasteiger partial charge in [-0.2, -0.15) is 5.26 Å². The minimum Gasteiger partial charge on any atom is -0.455 e. The van der Waals surface area contributed by atoms with Crippen molar-refractivity contribution in [1.29, 1.82) is 5.26 Å². The number of halogens is 1. The molecule has 3 nitrogen and oxygen atoms in total. The quantitative estimate of drug-likeness (QED) is 0.249. The lowest BCUT2D eigenvalue weighted by Crippen LogP contribution is -2.30. The second-order valence-corrected chi connectivity index (χ2v) is 9.03. The first-order valence-corrected chi connectivity index (χ1v) is 11.7. The maximum absolute atomic E-state index is 14.1. The van der Waals surface area contributed by atoms with Gasteiger partial charge in [-0.05, 0) is 59.5 Å². The molecule has 0 spiro atoms. The third-order valence-corrected chi connectivity index (χ3v) is 6.75. The van der Waals surface area contributed by atoms with Gasteiger partial charge in [0.15, 0.2) is 6.20 Å². The molecule has 6 rings (SSSR count). The molecule has 36 heavy (non-hydrogen) atoms. The SMILES string of the molecule is Cc1cc2c(cc1-c1cc(F)cc[n+]1C)oc1c(-c3cccc(-c4ccccc4)c3)c(C#N)ccc12. The number of furan rings is 1. The van der Waals surface area contributed by atoms with Crippen LogP contribution in [0.1, 0.15) is 11.1 Å². The Kier molecular flexibility index (Phi) is 5.13. The molecule has 0 aliphatic rings. The summed E-state index contributed by atoms with van der Waals surface area (Å²) in [6.07, 6.45) is 1.71. The van der Waals surface area contributed by atoms with Crippen molar-refractivity contribution in [2.45, 2.75) is 6.92 Å². The normalized spacial score (nSPS) is 11.2. The van der Waals surface area contributed by atoms with Crippen LogP contribution < -0.4 is 4.57 Å². The second kappa shape index (κ2) is 8.48. The van der Waals surface area contributed by atoms with Crippen LogP contribution >= 0.6 is 0 Å².